The minimum Gasteiger partial charge on any atom is -0.486 e. The van der Waals surface area contributed by atoms with Gasteiger partial charge < -0.3 is 14.8 Å². The lowest BCUT2D eigenvalue weighted by atomic mass is 10.1. The molecule has 0 radical (unpaired) electrons. The third-order valence-electron chi connectivity index (χ3n) is 3.27. The summed E-state index contributed by atoms with van der Waals surface area (Å²) in [4.78, 5) is 12.0. The molecule has 7 nitrogen and oxygen atoms in total. The maximum atomic E-state index is 12.1. The molecule has 0 aliphatic carbocycles. The van der Waals surface area contributed by atoms with E-state index >= 15 is 0 Å². The first kappa shape index (κ1) is 18.4. The average molecular weight is 356 g/mol. The summed E-state index contributed by atoms with van der Waals surface area (Å²) in [5, 5.41) is 2.82. The topological polar surface area (TPSA) is 84.9 Å². The molecule has 0 saturated heterocycles. The molecule has 1 N–H and O–H groups in total. The molecule has 2 rings (SSSR count). The second-order valence-electron chi connectivity index (χ2n) is 6.71. The normalized spacial score (nSPS) is 14.2. The molecule has 8 heteroatoms. The van der Waals surface area contributed by atoms with E-state index in [4.69, 9.17) is 9.47 Å². The fraction of sp³-hybridized carbons (Fsp3) is 0.562. The molecule has 0 aromatic heterocycles. The molecule has 1 aliphatic heterocycles. The van der Waals surface area contributed by atoms with Crippen molar-refractivity contribution in [1.29, 1.82) is 0 Å². The number of nitrogens with zero attached hydrogens (tertiary/aromatic N) is 1. The molecule has 1 aromatic carbocycles. The predicted molar refractivity (Wildman–Crippen MR) is 92.1 cm³/mol. The average Bonchev–Trinajstić information content (AvgIpc) is 2.44. The number of hydrogen-bond donors (Lipinski definition) is 1. The van der Waals surface area contributed by atoms with Gasteiger partial charge in [-0.1, -0.05) is 0 Å². The molecule has 24 heavy (non-hydrogen) atoms. The summed E-state index contributed by atoms with van der Waals surface area (Å²) in [5.74, 6) is 0.893. The number of carbonyl (C=O) groups is 1. The number of fused-ring (bicyclic) bond motifs is 1. The lowest BCUT2D eigenvalue weighted by molar-refractivity contribution is -0.122. The van der Waals surface area contributed by atoms with Crippen molar-refractivity contribution in [2.75, 3.05) is 30.3 Å². The first-order valence-corrected chi connectivity index (χ1v) is 9.59. The Morgan fingerprint density at radius 1 is 1.21 bits per heavy atom. The van der Waals surface area contributed by atoms with Crippen LogP contribution in [0, 0.1) is 0 Å². The number of nitrogens with one attached hydrogen (secondary N) is 1. The van der Waals surface area contributed by atoms with Gasteiger partial charge in [-0.15, -0.1) is 0 Å². The maximum Gasteiger partial charge on any atom is 0.232 e. The van der Waals surface area contributed by atoms with E-state index in [-0.39, 0.29) is 24.4 Å². The standard InChI is InChI=1S/C16H24N2O5S/c1-16(2,3)17-15(19)7-8-18(24(4,20)21)12-5-6-13-14(11-12)23-10-9-22-13/h5-6,11H,7-10H2,1-4H3,(H,17,19). The zero-order valence-electron chi connectivity index (χ0n) is 14.5. The van der Waals surface area contributed by atoms with Crippen LogP contribution in [0.1, 0.15) is 27.2 Å². The number of anilines is 1. The molecule has 1 amide bonds. The largest absolute Gasteiger partial charge is 0.486 e. The van der Waals surface area contributed by atoms with Crippen LogP contribution in [-0.2, 0) is 14.8 Å². The third kappa shape index (κ3) is 5.02. The Morgan fingerprint density at radius 2 is 1.83 bits per heavy atom. The van der Waals surface area contributed by atoms with Crippen LogP contribution in [0.25, 0.3) is 0 Å². The monoisotopic (exact) mass is 356 g/mol. The molecule has 1 aromatic rings. The molecule has 0 bridgehead atoms. The number of sulfonamides is 1. The number of amides is 1. The van der Waals surface area contributed by atoms with Gasteiger partial charge in [0, 0.05) is 24.6 Å². The molecule has 0 atom stereocenters. The lowest BCUT2D eigenvalue weighted by Gasteiger charge is -2.26. The fourth-order valence-electron chi connectivity index (χ4n) is 2.36. The molecule has 0 unspecified atom stereocenters. The van der Waals surface area contributed by atoms with Crippen LogP contribution in [-0.4, -0.2) is 45.9 Å². The Morgan fingerprint density at radius 3 is 2.42 bits per heavy atom. The van der Waals surface area contributed by atoms with Crippen molar-refractivity contribution in [3.63, 3.8) is 0 Å². The molecule has 0 fully saturated rings. The summed E-state index contributed by atoms with van der Waals surface area (Å²) in [6.45, 7) is 6.57. The Bertz CT molecular complexity index is 710. The zero-order valence-corrected chi connectivity index (χ0v) is 15.3. The van der Waals surface area contributed by atoms with Gasteiger partial charge in [0.15, 0.2) is 11.5 Å². The predicted octanol–water partition coefficient (Wildman–Crippen LogP) is 1.53. The van der Waals surface area contributed by atoms with E-state index in [1.165, 1.54) is 4.31 Å². The van der Waals surface area contributed by atoms with E-state index in [1.54, 1.807) is 18.2 Å². The molecule has 0 saturated carbocycles. The van der Waals surface area contributed by atoms with E-state index in [9.17, 15) is 13.2 Å². The van der Waals surface area contributed by atoms with Crippen LogP contribution in [0.15, 0.2) is 18.2 Å². The second-order valence-corrected chi connectivity index (χ2v) is 8.62. The van der Waals surface area contributed by atoms with Crippen LogP contribution in [0.4, 0.5) is 5.69 Å². The summed E-state index contributed by atoms with van der Waals surface area (Å²) in [7, 11) is -3.53. The Kier molecular flexibility index (Phi) is 5.27. The second kappa shape index (κ2) is 6.88. The van der Waals surface area contributed by atoms with Gasteiger partial charge >= 0.3 is 0 Å². The number of benzene rings is 1. The zero-order chi connectivity index (χ0) is 18.0. The molecular formula is C16H24N2O5S. The minimum absolute atomic E-state index is 0.0559. The van der Waals surface area contributed by atoms with Crippen LogP contribution in [0.3, 0.4) is 0 Å². The first-order chi connectivity index (χ1) is 11.1. The van der Waals surface area contributed by atoms with Gasteiger partial charge in [-0.25, -0.2) is 8.42 Å². The van der Waals surface area contributed by atoms with Gasteiger partial charge in [-0.3, -0.25) is 9.10 Å². The van der Waals surface area contributed by atoms with Crippen molar-refractivity contribution in [3.8, 4) is 11.5 Å². The summed E-state index contributed by atoms with van der Waals surface area (Å²) >= 11 is 0. The van der Waals surface area contributed by atoms with E-state index in [2.05, 4.69) is 5.32 Å². The van der Waals surface area contributed by atoms with Crippen LogP contribution in [0.5, 0.6) is 11.5 Å². The SMILES string of the molecule is CC(C)(C)NC(=O)CCN(c1ccc2c(c1)OCCO2)S(C)(=O)=O. The molecule has 1 aliphatic rings. The molecule has 134 valence electrons. The number of ether oxygens (including phenoxy) is 2. The maximum absolute atomic E-state index is 12.1. The Hall–Kier alpha value is -1.96. The fourth-order valence-corrected chi connectivity index (χ4v) is 3.28. The van der Waals surface area contributed by atoms with Crippen LogP contribution >= 0.6 is 0 Å². The lowest BCUT2D eigenvalue weighted by Crippen LogP contribution is -2.42. The van der Waals surface area contributed by atoms with E-state index < -0.39 is 10.0 Å². The van der Waals surface area contributed by atoms with Gasteiger partial charge in [0.25, 0.3) is 0 Å². The van der Waals surface area contributed by atoms with E-state index in [0.717, 1.165) is 6.26 Å². The third-order valence-corrected chi connectivity index (χ3v) is 4.46. The van der Waals surface area contributed by atoms with Gasteiger partial charge in [0.2, 0.25) is 15.9 Å². The molecular weight excluding hydrogens is 332 g/mol. The molecule has 1 heterocycles. The highest BCUT2D eigenvalue weighted by Gasteiger charge is 2.22. The highest BCUT2D eigenvalue weighted by atomic mass is 32.2. The number of carbonyl (C=O) groups excluding carboxylic acids is 1. The Balaban J connectivity index is 2.16. The van der Waals surface area contributed by atoms with Crippen molar-refractivity contribution in [2.45, 2.75) is 32.7 Å². The van der Waals surface area contributed by atoms with Crippen LogP contribution in [0.2, 0.25) is 0 Å². The minimum atomic E-state index is -3.53. The van der Waals surface area contributed by atoms with Crippen molar-refractivity contribution < 1.29 is 22.7 Å². The number of rotatable bonds is 5. The van der Waals surface area contributed by atoms with Crippen molar-refractivity contribution in [3.05, 3.63) is 18.2 Å². The van der Waals surface area contributed by atoms with Crippen molar-refractivity contribution in [2.24, 2.45) is 0 Å². The van der Waals surface area contributed by atoms with Crippen molar-refractivity contribution in [1.82, 2.24) is 5.32 Å². The molecule has 0 spiro atoms. The first-order valence-electron chi connectivity index (χ1n) is 7.75. The van der Waals surface area contributed by atoms with E-state index in [1.807, 2.05) is 20.8 Å². The summed E-state index contributed by atoms with van der Waals surface area (Å²) in [5.41, 5.74) is 0.0922. The summed E-state index contributed by atoms with van der Waals surface area (Å²) in [6.07, 6.45) is 1.18. The summed E-state index contributed by atoms with van der Waals surface area (Å²) in [6, 6.07) is 4.95. The smallest absolute Gasteiger partial charge is 0.232 e. The van der Waals surface area contributed by atoms with Gasteiger partial charge in [0.1, 0.15) is 13.2 Å². The number of hydrogen-bond acceptors (Lipinski definition) is 5. The van der Waals surface area contributed by atoms with Crippen molar-refractivity contribution >= 4 is 21.6 Å². The summed E-state index contributed by atoms with van der Waals surface area (Å²) < 4.78 is 36.4. The van der Waals surface area contributed by atoms with Gasteiger partial charge in [0.05, 0.1) is 11.9 Å². The van der Waals surface area contributed by atoms with Gasteiger partial charge in [-0.05, 0) is 32.9 Å². The van der Waals surface area contributed by atoms with E-state index in [0.29, 0.717) is 30.4 Å². The quantitative estimate of drug-likeness (QED) is 0.865. The highest BCUT2D eigenvalue weighted by molar-refractivity contribution is 7.92. The Labute approximate surface area is 143 Å². The van der Waals surface area contributed by atoms with Gasteiger partial charge in [-0.2, -0.15) is 0 Å². The van der Waals surface area contributed by atoms with Crippen LogP contribution < -0.4 is 19.1 Å². The highest BCUT2D eigenvalue weighted by Crippen LogP contribution is 2.34.